The van der Waals surface area contributed by atoms with Crippen LogP contribution in [0.3, 0.4) is 0 Å². The molecule has 34 heavy (non-hydrogen) atoms. The topological polar surface area (TPSA) is 81.6 Å². The van der Waals surface area contributed by atoms with Gasteiger partial charge in [-0.15, -0.1) is 0 Å². The number of carbonyl (C=O) groups is 1. The largest absolute Gasteiger partial charge is 0.381 e. The second-order valence-electron chi connectivity index (χ2n) is 9.71. The molecular weight excluding hydrogens is 449 g/mol. The van der Waals surface area contributed by atoms with Gasteiger partial charge in [-0.3, -0.25) is 0 Å². The lowest BCUT2D eigenvalue weighted by Crippen LogP contribution is -2.79. The van der Waals surface area contributed by atoms with Crippen LogP contribution in [0.2, 0.25) is 0 Å². The maximum atomic E-state index is 11.5. The van der Waals surface area contributed by atoms with Crippen molar-refractivity contribution in [3.63, 3.8) is 0 Å². The molecule has 0 aliphatic rings. The van der Waals surface area contributed by atoms with Crippen molar-refractivity contribution in [2.75, 3.05) is 40.0 Å². The van der Waals surface area contributed by atoms with Crippen molar-refractivity contribution < 1.29 is 28.8 Å². The molecular formula is C27H57NO5P+. The Morgan fingerprint density at radius 2 is 1.29 bits per heavy atom. The molecule has 0 spiro atoms. The standard InChI is InChI=1S/C27H56NO5P/c1-4-5-6-7-8-9-10-11-12-13-14-15-16-18-21-31-24-27(23-26(2)29)25-33-34(30)32-22-19-17-20-28-3/h27-28,30H,4-25H2,1-3H3/p+1. The summed E-state index contributed by atoms with van der Waals surface area (Å²) in [6, 6.07) is 0. The molecule has 7 heteroatoms. The van der Waals surface area contributed by atoms with E-state index in [2.05, 4.69) is 12.2 Å². The van der Waals surface area contributed by atoms with Crippen LogP contribution in [-0.4, -0.2) is 50.7 Å². The molecule has 0 aliphatic heterocycles. The molecule has 0 aromatic carbocycles. The Kier molecular flexibility index (Phi) is 27.4. The molecule has 0 aromatic heterocycles. The van der Waals surface area contributed by atoms with Crippen molar-refractivity contribution in [3.8, 4) is 0 Å². The van der Waals surface area contributed by atoms with E-state index >= 15 is 0 Å². The first-order valence-electron chi connectivity index (χ1n) is 14.2. The predicted molar refractivity (Wildman–Crippen MR) is 143 cm³/mol. The van der Waals surface area contributed by atoms with Crippen molar-refractivity contribution in [1.29, 1.82) is 0 Å². The fourth-order valence-electron chi connectivity index (χ4n) is 4.02. The summed E-state index contributed by atoms with van der Waals surface area (Å²) in [6.45, 7) is 6.94. The van der Waals surface area contributed by atoms with E-state index in [0.717, 1.165) is 32.4 Å². The normalized spacial score (nSPS) is 13.3. The monoisotopic (exact) mass is 506 g/mol. The van der Waals surface area contributed by atoms with Gasteiger partial charge in [0.15, 0.2) is 0 Å². The van der Waals surface area contributed by atoms with E-state index in [1.54, 1.807) is 6.92 Å². The second-order valence-corrected chi connectivity index (χ2v) is 10.7. The Hall–Kier alpha value is -0.100. The molecule has 0 saturated carbocycles. The van der Waals surface area contributed by atoms with Crippen LogP contribution >= 0.6 is 8.60 Å². The molecule has 0 aromatic rings. The number of quaternary nitrogens is 1. The highest BCUT2D eigenvalue weighted by Crippen LogP contribution is 2.33. The van der Waals surface area contributed by atoms with Crippen molar-refractivity contribution in [1.82, 2.24) is 0 Å². The smallest absolute Gasteiger partial charge is 0.329 e. The van der Waals surface area contributed by atoms with E-state index in [1.807, 2.05) is 7.05 Å². The first kappa shape index (κ1) is 33.9. The quantitative estimate of drug-likeness (QED) is 0.0960. The van der Waals surface area contributed by atoms with Gasteiger partial charge < -0.3 is 28.8 Å². The SMILES string of the molecule is CCCCCCCCCCCCCCCCOCC(COP(O)OCCCC[NH2+]C)CC(C)=O. The van der Waals surface area contributed by atoms with Gasteiger partial charge in [-0.05, 0) is 26.2 Å². The summed E-state index contributed by atoms with van der Waals surface area (Å²) >= 11 is 0. The highest BCUT2D eigenvalue weighted by atomic mass is 31.2. The van der Waals surface area contributed by atoms with Crippen LogP contribution in [0.5, 0.6) is 0 Å². The van der Waals surface area contributed by atoms with Gasteiger partial charge in [-0.25, -0.2) is 0 Å². The summed E-state index contributed by atoms with van der Waals surface area (Å²) < 4.78 is 16.6. The minimum atomic E-state index is -1.88. The van der Waals surface area contributed by atoms with Crippen LogP contribution in [0.15, 0.2) is 0 Å². The van der Waals surface area contributed by atoms with E-state index < -0.39 is 8.60 Å². The minimum absolute atomic E-state index is 0.0282. The van der Waals surface area contributed by atoms with Crippen LogP contribution in [0.4, 0.5) is 0 Å². The third-order valence-electron chi connectivity index (χ3n) is 6.08. The number of Topliss-reactive ketones (excluding diaryl/α,β-unsaturated/α-hetero) is 1. The fourth-order valence-corrected chi connectivity index (χ4v) is 4.72. The first-order chi connectivity index (χ1) is 16.6. The Morgan fingerprint density at radius 1 is 0.765 bits per heavy atom. The zero-order valence-corrected chi connectivity index (χ0v) is 23.6. The summed E-state index contributed by atoms with van der Waals surface area (Å²) in [5.41, 5.74) is 0. The molecule has 0 rings (SSSR count). The van der Waals surface area contributed by atoms with Crippen LogP contribution in [-0.2, 0) is 18.6 Å². The van der Waals surface area contributed by atoms with Gasteiger partial charge in [0.2, 0.25) is 0 Å². The molecule has 0 amide bonds. The van der Waals surface area contributed by atoms with Crippen molar-refractivity contribution in [2.45, 2.75) is 123 Å². The molecule has 3 N–H and O–H groups in total. The van der Waals surface area contributed by atoms with E-state index in [-0.39, 0.29) is 11.7 Å². The van der Waals surface area contributed by atoms with E-state index in [4.69, 9.17) is 13.8 Å². The highest BCUT2D eigenvalue weighted by molar-refractivity contribution is 7.40. The van der Waals surface area contributed by atoms with E-state index in [1.165, 1.54) is 83.5 Å². The Labute approximate surface area is 212 Å². The molecule has 0 aliphatic carbocycles. The molecule has 0 radical (unpaired) electrons. The molecule has 2 unspecified atom stereocenters. The second kappa shape index (κ2) is 27.5. The van der Waals surface area contributed by atoms with Gasteiger partial charge in [0.05, 0.1) is 33.4 Å². The van der Waals surface area contributed by atoms with Gasteiger partial charge in [0.1, 0.15) is 5.78 Å². The zero-order chi connectivity index (χ0) is 25.1. The lowest BCUT2D eigenvalue weighted by molar-refractivity contribution is -0.627. The van der Waals surface area contributed by atoms with Crippen LogP contribution in [0.1, 0.15) is 123 Å². The lowest BCUT2D eigenvalue weighted by atomic mass is 10.0. The fraction of sp³-hybridized carbons (Fsp3) is 0.963. The van der Waals surface area contributed by atoms with Crippen molar-refractivity contribution in [3.05, 3.63) is 0 Å². The third kappa shape index (κ3) is 26.5. The Morgan fingerprint density at radius 3 is 1.82 bits per heavy atom. The summed E-state index contributed by atoms with van der Waals surface area (Å²) in [6.07, 6.45) is 21.2. The summed E-state index contributed by atoms with van der Waals surface area (Å²) in [7, 11) is 0.166. The summed E-state index contributed by atoms with van der Waals surface area (Å²) in [5, 5.41) is 2.13. The number of carbonyl (C=O) groups excluding carboxylic acids is 1. The minimum Gasteiger partial charge on any atom is -0.381 e. The van der Waals surface area contributed by atoms with Crippen LogP contribution in [0.25, 0.3) is 0 Å². The average Bonchev–Trinajstić information content (AvgIpc) is 2.81. The maximum absolute atomic E-state index is 11.5. The maximum Gasteiger partial charge on any atom is 0.329 e. The Balaban J connectivity index is 3.58. The highest BCUT2D eigenvalue weighted by Gasteiger charge is 2.16. The number of nitrogens with two attached hydrogens (primary N) is 1. The molecule has 0 heterocycles. The van der Waals surface area contributed by atoms with Gasteiger partial charge in [0, 0.05) is 18.9 Å². The molecule has 0 saturated heterocycles. The number of ketones is 1. The van der Waals surface area contributed by atoms with Crippen molar-refractivity contribution >= 4 is 14.4 Å². The number of rotatable bonds is 28. The predicted octanol–water partition coefficient (Wildman–Crippen LogP) is 6.31. The van der Waals surface area contributed by atoms with Crippen LogP contribution in [0, 0.1) is 5.92 Å². The Bertz CT molecular complexity index is 428. The average molecular weight is 507 g/mol. The number of hydrogen-bond acceptors (Lipinski definition) is 5. The molecule has 204 valence electrons. The molecule has 6 nitrogen and oxygen atoms in total. The molecule has 0 bridgehead atoms. The number of hydrogen-bond donors (Lipinski definition) is 2. The zero-order valence-electron chi connectivity index (χ0n) is 22.7. The van der Waals surface area contributed by atoms with E-state index in [0.29, 0.717) is 26.2 Å². The lowest BCUT2D eigenvalue weighted by Gasteiger charge is -2.18. The van der Waals surface area contributed by atoms with Gasteiger partial charge in [0.25, 0.3) is 0 Å². The summed E-state index contributed by atoms with van der Waals surface area (Å²) in [5.74, 6) is 0.0901. The summed E-state index contributed by atoms with van der Waals surface area (Å²) in [4.78, 5) is 21.4. The van der Waals surface area contributed by atoms with Gasteiger partial charge >= 0.3 is 8.60 Å². The number of ether oxygens (including phenoxy) is 1. The van der Waals surface area contributed by atoms with Crippen molar-refractivity contribution in [2.24, 2.45) is 5.92 Å². The first-order valence-corrected chi connectivity index (χ1v) is 15.3. The molecule has 0 fully saturated rings. The van der Waals surface area contributed by atoms with Gasteiger partial charge in [-0.2, -0.15) is 0 Å². The third-order valence-corrected chi connectivity index (χ3v) is 6.85. The number of unbranched alkanes of at least 4 members (excludes halogenated alkanes) is 14. The van der Waals surface area contributed by atoms with Crippen LogP contribution < -0.4 is 5.32 Å². The van der Waals surface area contributed by atoms with E-state index in [9.17, 15) is 9.69 Å². The van der Waals surface area contributed by atoms with Gasteiger partial charge in [-0.1, -0.05) is 90.4 Å². The molecule has 2 atom stereocenters.